The van der Waals surface area contributed by atoms with Crippen molar-refractivity contribution >= 4 is 11.3 Å². The Bertz CT molecular complexity index is 115. The van der Waals surface area contributed by atoms with Gasteiger partial charge in [-0.1, -0.05) is 18.8 Å². The van der Waals surface area contributed by atoms with Gasteiger partial charge in [0.05, 0.1) is 11.7 Å². The molecule has 0 radical (unpaired) electrons. The second-order valence-corrected chi connectivity index (χ2v) is 1.70. The quantitative estimate of drug-likeness (QED) is 0.558. The lowest BCUT2D eigenvalue weighted by molar-refractivity contribution is 0.489. The van der Waals surface area contributed by atoms with Crippen LogP contribution in [0.1, 0.15) is 7.43 Å². The molecule has 1 rings (SSSR count). The van der Waals surface area contributed by atoms with E-state index in [4.69, 9.17) is 5.11 Å². The first-order chi connectivity index (χ1) is 2.89. The van der Waals surface area contributed by atoms with E-state index in [9.17, 15) is 0 Å². The van der Waals surface area contributed by atoms with Crippen molar-refractivity contribution in [3.63, 3.8) is 0 Å². The number of thiazole rings is 1. The van der Waals surface area contributed by atoms with Crippen LogP contribution in [0.25, 0.3) is 0 Å². The molecule has 7 heavy (non-hydrogen) atoms. The largest absolute Gasteiger partial charge is 0.498 e. The van der Waals surface area contributed by atoms with Crippen molar-refractivity contribution in [2.45, 2.75) is 7.43 Å². The first-order valence-corrected chi connectivity index (χ1v) is 2.35. The molecule has 0 aliphatic rings. The Kier molecular flexibility index (Phi) is 2.37. The SMILES string of the molecule is C.Oc1cncs1. The van der Waals surface area contributed by atoms with Crippen LogP contribution in [0, 0.1) is 0 Å². The van der Waals surface area contributed by atoms with E-state index >= 15 is 0 Å². The number of aromatic hydroxyl groups is 1. The number of hydrogen-bond acceptors (Lipinski definition) is 3. The van der Waals surface area contributed by atoms with Gasteiger partial charge in [0, 0.05) is 0 Å². The van der Waals surface area contributed by atoms with Gasteiger partial charge < -0.3 is 5.11 Å². The zero-order valence-electron chi connectivity index (χ0n) is 2.96. The minimum Gasteiger partial charge on any atom is -0.498 e. The van der Waals surface area contributed by atoms with Crippen LogP contribution in [0.3, 0.4) is 0 Å². The van der Waals surface area contributed by atoms with Gasteiger partial charge in [0.25, 0.3) is 0 Å². The van der Waals surface area contributed by atoms with E-state index in [1.807, 2.05) is 0 Å². The Labute approximate surface area is 46.5 Å². The number of aromatic nitrogens is 1. The maximum absolute atomic E-state index is 8.43. The van der Waals surface area contributed by atoms with E-state index in [1.54, 1.807) is 5.51 Å². The van der Waals surface area contributed by atoms with Crippen LogP contribution >= 0.6 is 11.3 Å². The molecule has 0 aromatic carbocycles. The molecule has 0 fully saturated rings. The van der Waals surface area contributed by atoms with Gasteiger partial charge in [-0.3, -0.25) is 0 Å². The third-order valence-electron chi connectivity index (χ3n) is 0.419. The molecule has 0 saturated carbocycles. The molecule has 2 nitrogen and oxygen atoms in total. The molecule has 0 spiro atoms. The first kappa shape index (κ1) is 6.43. The van der Waals surface area contributed by atoms with Crippen molar-refractivity contribution < 1.29 is 5.11 Å². The van der Waals surface area contributed by atoms with Crippen LogP contribution in [0.4, 0.5) is 0 Å². The van der Waals surface area contributed by atoms with E-state index < -0.39 is 0 Å². The summed E-state index contributed by atoms with van der Waals surface area (Å²) in [5, 5.41) is 8.70. The Morgan fingerprint density at radius 2 is 2.43 bits per heavy atom. The molecule has 40 valence electrons. The summed E-state index contributed by atoms with van der Waals surface area (Å²) >= 11 is 1.22. The Morgan fingerprint density at radius 1 is 1.71 bits per heavy atom. The van der Waals surface area contributed by atoms with Gasteiger partial charge in [-0.15, -0.1) is 0 Å². The van der Waals surface area contributed by atoms with Gasteiger partial charge in [-0.2, -0.15) is 0 Å². The van der Waals surface area contributed by atoms with Crippen LogP contribution in [0.15, 0.2) is 11.7 Å². The molecule has 1 aromatic heterocycles. The number of rotatable bonds is 0. The highest BCUT2D eigenvalue weighted by molar-refractivity contribution is 7.11. The van der Waals surface area contributed by atoms with Gasteiger partial charge in [0.15, 0.2) is 5.06 Å². The highest BCUT2D eigenvalue weighted by Crippen LogP contribution is 2.11. The molecular weight excluding hydrogens is 110 g/mol. The van der Waals surface area contributed by atoms with E-state index in [0.29, 0.717) is 0 Å². The van der Waals surface area contributed by atoms with Gasteiger partial charge in [-0.05, 0) is 0 Å². The standard InChI is InChI=1S/C3H3NOS.CH4/c5-3-1-4-2-6-3;/h1-2,5H;1H4. The molecule has 3 heteroatoms. The van der Waals surface area contributed by atoms with E-state index in [2.05, 4.69) is 4.98 Å². The zero-order valence-corrected chi connectivity index (χ0v) is 3.77. The topological polar surface area (TPSA) is 33.1 Å². The van der Waals surface area contributed by atoms with Gasteiger partial charge in [-0.25, -0.2) is 4.98 Å². The lowest BCUT2D eigenvalue weighted by Crippen LogP contribution is -1.43. The molecular formula is C4H7NOS. The monoisotopic (exact) mass is 117 g/mol. The summed E-state index contributed by atoms with van der Waals surface area (Å²) in [6, 6.07) is 0. The Morgan fingerprint density at radius 3 is 2.57 bits per heavy atom. The number of hydrogen-bond donors (Lipinski definition) is 1. The van der Waals surface area contributed by atoms with Gasteiger partial charge >= 0.3 is 0 Å². The van der Waals surface area contributed by atoms with Gasteiger partial charge in [0.1, 0.15) is 0 Å². The smallest absolute Gasteiger partial charge is 0.191 e. The molecule has 0 amide bonds. The summed E-state index contributed by atoms with van der Waals surface area (Å²) in [6.07, 6.45) is 1.41. The third kappa shape index (κ3) is 1.55. The van der Waals surface area contributed by atoms with Crippen molar-refractivity contribution in [3.8, 4) is 5.06 Å². The molecule has 0 aliphatic heterocycles. The summed E-state index contributed by atoms with van der Waals surface area (Å²) in [4.78, 5) is 3.59. The highest BCUT2D eigenvalue weighted by atomic mass is 32.1. The molecule has 0 unspecified atom stereocenters. The summed E-state index contributed by atoms with van der Waals surface area (Å²) in [7, 11) is 0. The second-order valence-electron chi connectivity index (χ2n) is 0.840. The van der Waals surface area contributed by atoms with Crippen molar-refractivity contribution in [2.24, 2.45) is 0 Å². The van der Waals surface area contributed by atoms with Crippen molar-refractivity contribution in [1.29, 1.82) is 0 Å². The van der Waals surface area contributed by atoms with Crippen molar-refractivity contribution in [3.05, 3.63) is 11.7 Å². The number of nitrogens with zero attached hydrogens (tertiary/aromatic N) is 1. The average molecular weight is 117 g/mol. The van der Waals surface area contributed by atoms with Crippen LogP contribution in [-0.2, 0) is 0 Å². The zero-order chi connectivity index (χ0) is 4.41. The van der Waals surface area contributed by atoms with Gasteiger partial charge in [0.2, 0.25) is 0 Å². The lowest BCUT2D eigenvalue weighted by atomic mass is 10.9. The molecule has 0 atom stereocenters. The molecule has 1 aromatic rings. The highest BCUT2D eigenvalue weighted by Gasteiger charge is 1.79. The van der Waals surface area contributed by atoms with E-state index in [-0.39, 0.29) is 12.5 Å². The fourth-order valence-electron chi connectivity index (χ4n) is 0.209. The van der Waals surface area contributed by atoms with Crippen LogP contribution < -0.4 is 0 Å². The first-order valence-electron chi connectivity index (χ1n) is 1.47. The second kappa shape index (κ2) is 2.58. The minimum atomic E-state index is 0. The average Bonchev–Trinajstić information content (AvgIpc) is 1.86. The molecule has 0 aliphatic carbocycles. The fourth-order valence-corrected chi connectivity index (χ4v) is 0.560. The molecule has 0 saturated heterocycles. The molecule has 1 N–H and O–H groups in total. The molecule has 0 bridgehead atoms. The summed E-state index contributed by atoms with van der Waals surface area (Å²) in [5.41, 5.74) is 1.58. The fraction of sp³-hybridized carbons (Fsp3) is 0.250. The predicted molar refractivity (Wildman–Crippen MR) is 30.5 cm³/mol. The predicted octanol–water partition coefficient (Wildman–Crippen LogP) is 1.48. The van der Waals surface area contributed by atoms with E-state index in [0.717, 1.165) is 0 Å². The van der Waals surface area contributed by atoms with Crippen molar-refractivity contribution in [2.75, 3.05) is 0 Å². The third-order valence-corrected chi connectivity index (χ3v) is 0.993. The lowest BCUT2D eigenvalue weighted by Gasteiger charge is -1.65. The van der Waals surface area contributed by atoms with E-state index in [1.165, 1.54) is 17.5 Å². The Balaban J connectivity index is 0.000000360. The maximum Gasteiger partial charge on any atom is 0.191 e. The normalized spacial score (nSPS) is 7.43. The maximum atomic E-state index is 8.43. The molecule has 1 heterocycles. The van der Waals surface area contributed by atoms with Crippen molar-refractivity contribution in [1.82, 2.24) is 4.98 Å². The summed E-state index contributed by atoms with van der Waals surface area (Å²) in [5.74, 6) is 0. The minimum absolute atomic E-state index is 0. The Hall–Kier alpha value is -0.570. The summed E-state index contributed by atoms with van der Waals surface area (Å²) in [6.45, 7) is 0. The van der Waals surface area contributed by atoms with Crippen LogP contribution in [-0.4, -0.2) is 10.1 Å². The van der Waals surface area contributed by atoms with Crippen LogP contribution in [0.2, 0.25) is 0 Å². The summed E-state index contributed by atoms with van der Waals surface area (Å²) < 4.78 is 0. The van der Waals surface area contributed by atoms with Crippen LogP contribution in [0.5, 0.6) is 5.06 Å².